The Labute approximate surface area is 265 Å². The first-order valence-corrected chi connectivity index (χ1v) is 17.4. The lowest BCUT2D eigenvalue weighted by Gasteiger charge is -2.58. The molecule has 238 valence electrons. The van der Waals surface area contributed by atoms with Gasteiger partial charge in [0, 0.05) is 72.8 Å². The van der Waals surface area contributed by atoms with Crippen LogP contribution in [0.2, 0.25) is 0 Å². The molecular weight excluding hydrogens is 590 g/mol. The fourth-order valence-electron chi connectivity index (χ4n) is 7.13. The van der Waals surface area contributed by atoms with E-state index in [1.165, 1.54) is 10.6 Å². The molecule has 1 spiro atoms. The Bertz CT molecular complexity index is 1780. The van der Waals surface area contributed by atoms with E-state index < -0.39 is 15.6 Å². The summed E-state index contributed by atoms with van der Waals surface area (Å²) in [5.74, 6) is -0.0219. The van der Waals surface area contributed by atoms with Crippen LogP contribution in [-0.2, 0) is 26.1 Å². The summed E-state index contributed by atoms with van der Waals surface area (Å²) >= 11 is 0. The van der Waals surface area contributed by atoms with Crippen LogP contribution in [-0.4, -0.2) is 72.2 Å². The van der Waals surface area contributed by atoms with Crippen molar-refractivity contribution in [1.29, 1.82) is 5.26 Å². The van der Waals surface area contributed by atoms with E-state index in [9.17, 15) is 23.3 Å². The molecule has 0 atom stereocenters. The summed E-state index contributed by atoms with van der Waals surface area (Å²) in [6.07, 6.45) is 6.04. The van der Waals surface area contributed by atoms with Gasteiger partial charge in [-0.2, -0.15) is 5.26 Å². The molecular formula is C34H41N5O5S. The Morgan fingerprint density at radius 2 is 1.80 bits per heavy atom. The first kappa shape index (κ1) is 31.1. The van der Waals surface area contributed by atoms with Crippen LogP contribution in [0.1, 0.15) is 63.6 Å². The van der Waals surface area contributed by atoms with Gasteiger partial charge in [-0.05, 0) is 75.8 Å². The van der Waals surface area contributed by atoms with Gasteiger partial charge in [-0.1, -0.05) is 24.3 Å². The lowest BCUT2D eigenvalue weighted by molar-refractivity contribution is -0.143. The zero-order valence-electron chi connectivity index (χ0n) is 26.4. The fourth-order valence-corrected chi connectivity index (χ4v) is 8.00. The van der Waals surface area contributed by atoms with Crippen LogP contribution < -0.4 is 5.32 Å². The predicted molar refractivity (Wildman–Crippen MR) is 172 cm³/mol. The van der Waals surface area contributed by atoms with Crippen molar-refractivity contribution >= 4 is 32.9 Å². The molecule has 6 rings (SSSR count). The first-order chi connectivity index (χ1) is 21.2. The smallest absolute Gasteiger partial charge is 0.410 e. The molecule has 3 heterocycles. The largest absolute Gasteiger partial charge is 0.444 e. The Hall–Kier alpha value is -3.88. The zero-order chi connectivity index (χ0) is 32.1. The quantitative estimate of drug-likeness (QED) is 0.407. The first-order valence-electron chi connectivity index (χ1n) is 15.6. The molecule has 3 aliphatic rings. The fraction of sp³-hybridized carbons (Fsp3) is 0.500. The van der Waals surface area contributed by atoms with Crippen LogP contribution >= 0.6 is 0 Å². The second kappa shape index (κ2) is 11.5. The molecule has 45 heavy (non-hydrogen) atoms. The van der Waals surface area contributed by atoms with Crippen LogP contribution in [0.4, 0.5) is 4.79 Å². The molecule has 3 fully saturated rings. The van der Waals surface area contributed by atoms with Crippen molar-refractivity contribution < 1.29 is 22.7 Å². The van der Waals surface area contributed by atoms with Gasteiger partial charge in [-0.25, -0.2) is 17.5 Å². The highest BCUT2D eigenvalue weighted by molar-refractivity contribution is 7.88. The van der Waals surface area contributed by atoms with Crippen molar-refractivity contribution in [2.24, 2.45) is 11.3 Å². The molecule has 0 radical (unpaired) electrons. The number of nitrogens with one attached hydrogen (secondary N) is 1. The van der Waals surface area contributed by atoms with Crippen LogP contribution in [0.3, 0.4) is 0 Å². The van der Waals surface area contributed by atoms with Crippen molar-refractivity contribution in [2.75, 3.05) is 32.4 Å². The second-order valence-corrected chi connectivity index (χ2v) is 16.0. The molecule has 0 bridgehead atoms. The van der Waals surface area contributed by atoms with E-state index in [4.69, 9.17) is 4.74 Å². The van der Waals surface area contributed by atoms with Crippen molar-refractivity contribution in [1.82, 2.24) is 19.1 Å². The Balaban J connectivity index is 1.15. The zero-order valence-corrected chi connectivity index (χ0v) is 27.2. The number of piperidine rings is 1. The minimum Gasteiger partial charge on any atom is -0.444 e. The number of carbonyl (C=O) groups is 2. The van der Waals surface area contributed by atoms with E-state index in [1.807, 2.05) is 45.0 Å². The number of fused-ring (bicyclic) bond motifs is 1. The van der Waals surface area contributed by atoms with Crippen LogP contribution in [0, 0.1) is 22.7 Å². The maximum Gasteiger partial charge on any atom is 0.410 e. The van der Waals surface area contributed by atoms with E-state index in [2.05, 4.69) is 34.3 Å². The molecule has 2 saturated heterocycles. The summed E-state index contributed by atoms with van der Waals surface area (Å²) < 4.78 is 33.5. The second-order valence-electron chi connectivity index (χ2n) is 14.0. The van der Waals surface area contributed by atoms with E-state index in [0.29, 0.717) is 51.1 Å². The predicted octanol–water partition coefficient (Wildman–Crippen LogP) is 5.04. The van der Waals surface area contributed by atoms with Gasteiger partial charge < -0.3 is 19.5 Å². The third-order valence-corrected chi connectivity index (χ3v) is 10.7. The van der Waals surface area contributed by atoms with Crippen LogP contribution in [0.25, 0.3) is 22.0 Å². The molecule has 1 aromatic heterocycles. The summed E-state index contributed by atoms with van der Waals surface area (Å²) in [4.78, 5) is 27.1. The molecule has 11 heteroatoms. The number of hydrogen-bond acceptors (Lipinski definition) is 6. The Kier molecular flexibility index (Phi) is 7.94. The van der Waals surface area contributed by atoms with Gasteiger partial charge in [-0.15, -0.1) is 0 Å². The van der Waals surface area contributed by atoms with Gasteiger partial charge in [0.05, 0.1) is 17.9 Å². The number of ether oxygens (including phenoxy) is 1. The summed E-state index contributed by atoms with van der Waals surface area (Å²) in [7, 11) is -3.23. The number of likely N-dealkylation sites (tertiary alicyclic amines) is 1. The van der Waals surface area contributed by atoms with Crippen molar-refractivity contribution in [3.8, 4) is 17.2 Å². The summed E-state index contributed by atoms with van der Waals surface area (Å²) in [6.45, 7) is 8.20. The number of nitriles is 1. The molecule has 1 saturated carbocycles. The average Bonchev–Trinajstić information content (AvgIpc) is 3.32. The molecule has 10 nitrogen and oxygen atoms in total. The molecule has 3 aromatic rings. The van der Waals surface area contributed by atoms with Gasteiger partial charge in [0.2, 0.25) is 15.9 Å². The third kappa shape index (κ3) is 6.44. The van der Waals surface area contributed by atoms with Crippen molar-refractivity contribution in [3.63, 3.8) is 0 Å². The number of sulfonamides is 1. The molecule has 2 aromatic carbocycles. The minimum absolute atomic E-state index is 0.0323. The van der Waals surface area contributed by atoms with Gasteiger partial charge in [0.25, 0.3) is 0 Å². The van der Waals surface area contributed by atoms with E-state index in [0.717, 1.165) is 40.4 Å². The minimum atomic E-state index is -3.23. The maximum absolute atomic E-state index is 13.1. The number of benzene rings is 2. The van der Waals surface area contributed by atoms with Gasteiger partial charge in [0.15, 0.2) is 0 Å². The Morgan fingerprint density at radius 3 is 2.44 bits per heavy atom. The summed E-state index contributed by atoms with van der Waals surface area (Å²) in [6, 6.07) is 16.1. The van der Waals surface area contributed by atoms with Crippen molar-refractivity contribution in [3.05, 3.63) is 59.8 Å². The highest BCUT2D eigenvalue weighted by atomic mass is 32.2. The van der Waals surface area contributed by atoms with Crippen LogP contribution in [0.15, 0.2) is 48.7 Å². The number of rotatable bonds is 6. The molecule has 2 amide bonds. The topological polar surface area (TPSA) is 125 Å². The third-order valence-electron chi connectivity index (χ3n) is 9.39. The number of nitrogens with zero attached hydrogens (tertiary/aromatic N) is 4. The highest BCUT2D eigenvalue weighted by Crippen LogP contribution is 2.52. The van der Waals surface area contributed by atoms with Gasteiger partial charge in [0.1, 0.15) is 5.60 Å². The summed E-state index contributed by atoms with van der Waals surface area (Å²) in [5, 5.41) is 13.7. The lowest BCUT2D eigenvalue weighted by atomic mass is 9.57. The van der Waals surface area contributed by atoms with Crippen LogP contribution in [0.5, 0.6) is 0 Å². The highest BCUT2D eigenvalue weighted by Gasteiger charge is 2.56. The maximum atomic E-state index is 13.1. The van der Waals surface area contributed by atoms with Crippen molar-refractivity contribution in [2.45, 2.75) is 64.6 Å². The standard InChI is InChI=1S/C34H41N5O5S/c1-33(2,3)44-32(41)37-21-34(22-37)16-26(17-34)31(40)36-19-24-8-9-28-29(25-7-5-6-23(14-25)18-35)20-39(30(28)15-24)27-10-12-38(13-11-27)45(4,42)43/h5-9,14-15,20,26-27H,10-13,16-17,19,21-22H2,1-4H3,(H,36,40). The number of carbonyl (C=O) groups excluding carboxylic acids is 2. The van der Waals surface area contributed by atoms with Gasteiger partial charge in [-0.3, -0.25) is 4.79 Å². The SMILES string of the molecule is CC(C)(C)OC(=O)N1CC2(CC(C(=O)NCc3ccc4c(-c5cccc(C#N)c5)cn(C5CCN(S(C)(=O)=O)CC5)c4c3)C2)C1. The monoisotopic (exact) mass is 631 g/mol. The number of amides is 2. The normalized spacial score (nSPS) is 19.1. The van der Waals surface area contributed by atoms with E-state index in [1.54, 1.807) is 11.0 Å². The molecule has 1 aliphatic carbocycles. The molecule has 2 aliphatic heterocycles. The number of hydrogen-bond donors (Lipinski definition) is 1. The average molecular weight is 632 g/mol. The van der Waals surface area contributed by atoms with E-state index >= 15 is 0 Å². The summed E-state index contributed by atoms with van der Waals surface area (Å²) in [5.41, 5.74) is 4.07. The van der Waals surface area contributed by atoms with E-state index in [-0.39, 0.29) is 29.4 Å². The lowest BCUT2D eigenvalue weighted by Crippen LogP contribution is -2.65. The number of aromatic nitrogens is 1. The Morgan fingerprint density at radius 1 is 1.09 bits per heavy atom. The van der Waals surface area contributed by atoms with Gasteiger partial charge >= 0.3 is 6.09 Å². The molecule has 0 unspecified atom stereocenters. The molecule has 1 N–H and O–H groups in total.